The van der Waals surface area contributed by atoms with Gasteiger partial charge in [0.2, 0.25) is 0 Å². The molecule has 1 atom stereocenters. The highest BCUT2D eigenvalue weighted by molar-refractivity contribution is 7.12. The molecule has 0 spiro atoms. The first kappa shape index (κ1) is 14.0. The van der Waals surface area contributed by atoms with Gasteiger partial charge in [-0.1, -0.05) is 33.6 Å². The Labute approximate surface area is 115 Å². The second-order valence-corrected chi connectivity index (χ2v) is 7.62. The Morgan fingerprint density at radius 1 is 1.28 bits per heavy atom. The first-order valence-corrected chi connectivity index (χ1v) is 7.93. The van der Waals surface area contributed by atoms with Crippen molar-refractivity contribution in [2.75, 3.05) is 0 Å². The maximum Gasteiger partial charge on any atom is 0.0985 e. The Bertz CT molecular complexity index is 397. The third-order valence-corrected chi connectivity index (χ3v) is 5.47. The standard InChI is InChI=1S/C15H26N2S/c1-10(16-12-8-6-7-9-12)13-11(2)17-14(18-13)15(3,4)5/h10,12,16H,6-9H2,1-5H3. The van der Waals surface area contributed by atoms with Crippen LogP contribution in [0.5, 0.6) is 0 Å². The molecule has 0 bridgehead atoms. The van der Waals surface area contributed by atoms with E-state index in [1.165, 1.54) is 41.3 Å². The van der Waals surface area contributed by atoms with Crippen LogP contribution in [0.3, 0.4) is 0 Å². The zero-order valence-corrected chi connectivity index (χ0v) is 13.2. The lowest BCUT2D eigenvalue weighted by Gasteiger charge is -2.18. The van der Waals surface area contributed by atoms with Crippen molar-refractivity contribution in [1.82, 2.24) is 10.3 Å². The fourth-order valence-electron chi connectivity index (χ4n) is 2.65. The molecule has 1 fully saturated rings. The van der Waals surface area contributed by atoms with Crippen LogP contribution in [0.2, 0.25) is 0 Å². The van der Waals surface area contributed by atoms with Crippen LogP contribution in [0.15, 0.2) is 0 Å². The molecule has 0 aliphatic heterocycles. The Kier molecular flexibility index (Phi) is 4.12. The van der Waals surface area contributed by atoms with E-state index in [2.05, 4.69) is 39.9 Å². The summed E-state index contributed by atoms with van der Waals surface area (Å²) < 4.78 is 0. The maximum absolute atomic E-state index is 4.76. The average molecular weight is 266 g/mol. The van der Waals surface area contributed by atoms with Gasteiger partial charge in [0.1, 0.15) is 0 Å². The van der Waals surface area contributed by atoms with Crippen LogP contribution >= 0.6 is 11.3 Å². The first-order chi connectivity index (χ1) is 8.38. The molecule has 1 aliphatic carbocycles. The largest absolute Gasteiger partial charge is 0.307 e. The molecule has 18 heavy (non-hydrogen) atoms. The molecular formula is C15H26N2S. The predicted molar refractivity (Wildman–Crippen MR) is 79.4 cm³/mol. The number of hydrogen-bond donors (Lipinski definition) is 1. The van der Waals surface area contributed by atoms with Gasteiger partial charge in [0.05, 0.1) is 10.7 Å². The van der Waals surface area contributed by atoms with Crippen LogP contribution in [0.25, 0.3) is 0 Å². The summed E-state index contributed by atoms with van der Waals surface area (Å²) in [6.45, 7) is 11.2. The van der Waals surface area contributed by atoms with Gasteiger partial charge in [-0.3, -0.25) is 0 Å². The smallest absolute Gasteiger partial charge is 0.0985 e. The molecule has 0 radical (unpaired) electrons. The van der Waals surface area contributed by atoms with Gasteiger partial charge in [-0.05, 0) is 26.7 Å². The summed E-state index contributed by atoms with van der Waals surface area (Å²) in [6, 6.07) is 1.17. The van der Waals surface area contributed by atoms with Crippen molar-refractivity contribution in [1.29, 1.82) is 0 Å². The molecule has 1 aromatic heterocycles. The summed E-state index contributed by atoms with van der Waals surface area (Å²) in [5, 5.41) is 5.03. The second-order valence-electron chi connectivity index (χ2n) is 6.59. The van der Waals surface area contributed by atoms with Crippen LogP contribution < -0.4 is 5.32 Å². The van der Waals surface area contributed by atoms with E-state index < -0.39 is 0 Å². The molecule has 3 heteroatoms. The Balaban J connectivity index is 2.09. The fraction of sp³-hybridized carbons (Fsp3) is 0.800. The lowest BCUT2D eigenvalue weighted by molar-refractivity contribution is 0.464. The summed E-state index contributed by atoms with van der Waals surface area (Å²) in [4.78, 5) is 6.18. The number of rotatable bonds is 3. The van der Waals surface area contributed by atoms with E-state index in [-0.39, 0.29) is 5.41 Å². The van der Waals surface area contributed by atoms with Gasteiger partial charge < -0.3 is 5.32 Å². The van der Waals surface area contributed by atoms with Crippen molar-refractivity contribution in [3.8, 4) is 0 Å². The molecule has 0 amide bonds. The van der Waals surface area contributed by atoms with Crippen LogP contribution in [-0.2, 0) is 5.41 Å². The zero-order valence-electron chi connectivity index (χ0n) is 12.3. The molecular weight excluding hydrogens is 240 g/mol. The van der Waals surface area contributed by atoms with E-state index in [1.54, 1.807) is 0 Å². The minimum Gasteiger partial charge on any atom is -0.307 e. The minimum atomic E-state index is 0.167. The number of nitrogens with zero attached hydrogens (tertiary/aromatic N) is 1. The van der Waals surface area contributed by atoms with Crippen molar-refractivity contribution in [2.45, 2.75) is 77.8 Å². The Morgan fingerprint density at radius 2 is 1.89 bits per heavy atom. The van der Waals surface area contributed by atoms with E-state index in [1.807, 2.05) is 11.3 Å². The van der Waals surface area contributed by atoms with Crippen molar-refractivity contribution in [2.24, 2.45) is 0 Å². The number of aromatic nitrogens is 1. The van der Waals surface area contributed by atoms with E-state index in [0.717, 1.165) is 6.04 Å². The van der Waals surface area contributed by atoms with Crippen LogP contribution in [0.1, 0.15) is 75.0 Å². The van der Waals surface area contributed by atoms with Crippen LogP contribution in [-0.4, -0.2) is 11.0 Å². The van der Waals surface area contributed by atoms with Gasteiger partial charge in [-0.2, -0.15) is 0 Å². The van der Waals surface area contributed by atoms with Crippen molar-refractivity contribution in [3.63, 3.8) is 0 Å². The SMILES string of the molecule is Cc1nc(C(C)(C)C)sc1C(C)NC1CCCC1. The molecule has 0 saturated heterocycles. The summed E-state index contributed by atoms with van der Waals surface area (Å²) in [7, 11) is 0. The highest BCUT2D eigenvalue weighted by Crippen LogP contribution is 2.33. The minimum absolute atomic E-state index is 0.167. The Hall–Kier alpha value is -0.410. The van der Waals surface area contributed by atoms with Crippen molar-refractivity contribution in [3.05, 3.63) is 15.6 Å². The quantitative estimate of drug-likeness (QED) is 0.880. The molecule has 1 unspecified atom stereocenters. The normalized spacial score (nSPS) is 19.4. The maximum atomic E-state index is 4.76. The fourth-order valence-corrected chi connectivity index (χ4v) is 3.79. The van der Waals surface area contributed by atoms with Gasteiger partial charge in [0.25, 0.3) is 0 Å². The van der Waals surface area contributed by atoms with Crippen molar-refractivity contribution < 1.29 is 0 Å². The second kappa shape index (κ2) is 5.30. The third-order valence-electron chi connectivity index (χ3n) is 3.71. The van der Waals surface area contributed by atoms with Crippen LogP contribution in [0.4, 0.5) is 0 Å². The summed E-state index contributed by atoms with van der Waals surface area (Å²) in [5.41, 5.74) is 1.38. The molecule has 0 aromatic carbocycles. The summed E-state index contributed by atoms with van der Waals surface area (Å²) >= 11 is 1.88. The van der Waals surface area contributed by atoms with Gasteiger partial charge in [-0.25, -0.2) is 4.98 Å². The van der Waals surface area contributed by atoms with Gasteiger partial charge in [0, 0.05) is 22.4 Å². The topological polar surface area (TPSA) is 24.9 Å². The molecule has 102 valence electrons. The number of hydrogen-bond acceptors (Lipinski definition) is 3. The van der Waals surface area contributed by atoms with E-state index in [9.17, 15) is 0 Å². The number of aryl methyl sites for hydroxylation is 1. The third kappa shape index (κ3) is 3.12. The van der Waals surface area contributed by atoms with E-state index in [0.29, 0.717) is 6.04 Å². The van der Waals surface area contributed by atoms with Crippen LogP contribution in [0, 0.1) is 6.92 Å². The number of nitrogens with one attached hydrogen (secondary N) is 1. The molecule has 1 N–H and O–H groups in total. The van der Waals surface area contributed by atoms with Crippen molar-refractivity contribution >= 4 is 11.3 Å². The molecule has 2 nitrogen and oxygen atoms in total. The zero-order chi connectivity index (χ0) is 13.3. The highest BCUT2D eigenvalue weighted by atomic mass is 32.1. The summed E-state index contributed by atoms with van der Waals surface area (Å²) in [5.74, 6) is 0. The average Bonchev–Trinajstić information content (AvgIpc) is 2.85. The lowest BCUT2D eigenvalue weighted by atomic mass is 9.98. The molecule has 2 rings (SSSR count). The lowest BCUT2D eigenvalue weighted by Crippen LogP contribution is -2.28. The Morgan fingerprint density at radius 3 is 2.39 bits per heavy atom. The van der Waals surface area contributed by atoms with Gasteiger partial charge in [-0.15, -0.1) is 11.3 Å². The highest BCUT2D eigenvalue weighted by Gasteiger charge is 2.24. The van der Waals surface area contributed by atoms with E-state index >= 15 is 0 Å². The van der Waals surface area contributed by atoms with Gasteiger partial charge in [0.15, 0.2) is 0 Å². The first-order valence-electron chi connectivity index (χ1n) is 7.12. The molecule has 1 aromatic rings. The molecule has 1 heterocycles. The monoisotopic (exact) mass is 266 g/mol. The molecule has 1 aliphatic rings. The predicted octanol–water partition coefficient (Wildman–Crippen LogP) is 4.34. The molecule has 1 saturated carbocycles. The number of thiazole rings is 1. The van der Waals surface area contributed by atoms with Gasteiger partial charge >= 0.3 is 0 Å². The summed E-state index contributed by atoms with van der Waals surface area (Å²) in [6.07, 6.45) is 5.46. The van der Waals surface area contributed by atoms with E-state index in [4.69, 9.17) is 4.98 Å².